The summed E-state index contributed by atoms with van der Waals surface area (Å²) in [4.78, 5) is 27.8. The summed E-state index contributed by atoms with van der Waals surface area (Å²) in [6.07, 6.45) is 1.26. The number of aliphatic carboxylic acids is 1. The van der Waals surface area contributed by atoms with Gasteiger partial charge in [-0.3, -0.25) is 0 Å². The van der Waals surface area contributed by atoms with Crippen molar-refractivity contribution < 1.29 is 38.3 Å². The van der Waals surface area contributed by atoms with Crippen LogP contribution in [0.2, 0.25) is 0 Å². The van der Waals surface area contributed by atoms with Gasteiger partial charge in [-0.25, -0.2) is 4.79 Å². The van der Waals surface area contributed by atoms with E-state index < -0.39 is 11.9 Å². The fraction of sp³-hybridized carbons (Fsp3) is 0.590. The van der Waals surface area contributed by atoms with Gasteiger partial charge in [-0.15, -0.1) is 0 Å². The van der Waals surface area contributed by atoms with E-state index in [1.54, 1.807) is 0 Å². The molecule has 2 aromatic carbocycles. The van der Waals surface area contributed by atoms with Crippen LogP contribution in [0, 0.1) is 23.7 Å². The second-order valence-corrected chi connectivity index (χ2v) is 15.7. The van der Waals surface area contributed by atoms with E-state index in [9.17, 15) is 14.7 Å². The first-order valence-electron chi connectivity index (χ1n) is 17.2. The quantitative estimate of drug-likeness (QED) is 0.286. The molecule has 0 bridgehead atoms. The first-order valence-corrected chi connectivity index (χ1v) is 17.2. The molecule has 0 radical (unpaired) electrons. The van der Waals surface area contributed by atoms with Crippen LogP contribution in [0.15, 0.2) is 61.2 Å². The van der Waals surface area contributed by atoms with Crippen LogP contribution >= 0.6 is 0 Å². The molecule has 258 valence electrons. The first-order chi connectivity index (χ1) is 22.2. The summed E-state index contributed by atoms with van der Waals surface area (Å²) in [5.41, 5.74) is 5.95. The maximum Gasteiger partial charge on any atom is 1.00 e. The third-order valence-corrected chi connectivity index (χ3v) is 10.1. The van der Waals surface area contributed by atoms with Gasteiger partial charge in [-0.05, 0) is 76.3 Å². The van der Waals surface area contributed by atoms with Crippen LogP contribution in [0.3, 0.4) is 0 Å². The standard InChI is InChI=1S/C19H28N2O2.C16H24N2.C4H6O2.Li/c1-19(2,3)16-4-6-17(7-5-16)21-12-14-10-20(9-8-18(22)23)11-15(14)13-21;1-16(2,3)14-4-6-15(7-5-14)18-10-12-8-17-9-13(12)11-18;1-3-4(5)6-2;/h4-7,14-15H,8-13H2,1-3H3,(H,22,23);4-7,12-13,17H,8-11H2,1-3H3;3H,1H2,2H3;/q;;;+1/p-1. The zero-order chi connectivity index (χ0) is 34.4. The number of carboxylic acids is 1. The fourth-order valence-electron chi connectivity index (χ4n) is 7.23. The molecule has 4 saturated heterocycles. The van der Waals surface area contributed by atoms with Gasteiger partial charge in [-0.1, -0.05) is 72.4 Å². The van der Waals surface area contributed by atoms with E-state index in [0.717, 1.165) is 44.1 Å². The average molecular weight is 653 g/mol. The number of ether oxygens (including phenoxy) is 1. The van der Waals surface area contributed by atoms with Gasteiger partial charge < -0.3 is 34.7 Å². The molecule has 48 heavy (non-hydrogen) atoms. The number of nitrogens with zero attached hydrogens (tertiary/aromatic N) is 3. The van der Waals surface area contributed by atoms with Gasteiger partial charge in [0.1, 0.15) is 0 Å². The van der Waals surface area contributed by atoms with Crippen molar-refractivity contribution >= 4 is 23.3 Å². The third kappa shape index (κ3) is 10.9. The van der Waals surface area contributed by atoms with E-state index in [1.165, 1.54) is 55.8 Å². The van der Waals surface area contributed by atoms with Crippen molar-refractivity contribution in [1.29, 1.82) is 0 Å². The number of benzene rings is 2. The van der Waals surface area contributed by atoms with Gasteiger partial charge >= 0.3 is 24.8 Å². The van der Waals surface area contributed by atoms with Crippen molar-refractivity contribution in [3.8, 4) is 0 Å². The third-order valence-electron chi connectivity index (χ3n) is 10.1. The van der Waals surface area contributed by atoms with E-state index in [2.05, 4.69) is 121 Å². The van der Waals surface area contributed by atoms with E-state index in [1.807, 2.05) is 0 Å². The number of carboxylic acid groups (broad SMARTS) is 1. The molecule has 2 aromatic rings. The average Bonchev–Trinajstić information content (AvgIpc) is 3.81. The zero-order valence-corrected chi connectivity index (χ0v) is 30.8. The number of likely N-dealkylation sites (tertiary alicyclic amines) is 1. The Hall–Kier alpha value is -2.76. The maximum atomic E-state index is 10.6. The molecule has 4 atom stereocenters. The minimum Gasteiger partial charge on any atom is -0.550 e. The van der Waals surface area contributed by atoms with Crippen LogP contribution in [0.5, 0.6) is 0 Å². The van der Waals surface area contributed by atoms with E-state index in [-0.39, 0.29) is 36.1 Å². The van der Waals surface area contributed by atoms with Gasteiger partial charge in [0.05, 0.1) is 7.11 Å². The molecule has 6 rings (SSSR count). The van der Waals surface area contributed by atoms with Crippen molar-refractivity contribution in [2.75, 3.05) is 75.8 Å². The Morgan fingerprint density at radius 1 is 0.771 bits per heavy atom. The molecule has 0 saturated carbocycles. The molecule has 0 aromatic heterocycles. The summed E-state index contributed by atoms with van der Waals surface area (Å²) in [6.45, 7) is 26.4. The van der Waals surface area contributed by atoms with Crippen molar-refractivity contribution in [2.45, 2.75) is 58.8 Å². The van der Waals surface area contributed by atoms with Crippen molar-refractivity contribution in [3.05, 3.63) is 72.3 Å². The molecule has 9 heteroatoms. The molecule has 4 aliphatic heterocycles. The number of rotatable bonds is 6. The minimum atomic E-state index is -0.942. The number of methoxy groups -OCH3 is 1. The Balaban J connectivity index is 0.000000223. The summed E-state index contributed by atoms with van der Waals surface area (Å²) in [7, 11) is 1.31. The predicted octanol–water partition coefficient (Wildman–Crippen LogP) is 1.48. The van der Waals surface area contributed by atoms with Crippen LogP contribution in [0.1, 0.15) is 59.1 Å². The number of anilines is 2. The summed E-state index contributed by atoms with van der Waals surface area (Å²) in [6, 6.07) is 18.2. The molecular weight excluding hydrogens is 595 g/mol. The van der Waals surface area contributed by atoms with Crippen molar-refractivity contribution in [1.82, 2.24) is 10.2 Å². The van der Waals surface area contributed by atoms with Crippen molar-refractivity contribution in [3.63, 3.8) is 0 Å². The number of nitrogens with one attached hydrogen (secondary N) is 1. The van der Waals surface area contributed by atoms with Crippen LogP contribution < -0.4 is 39.1 Å². The SMILES string of the molecule is C=CC(=O)OC.CC(C)(C)c1ccc(N2CC3CN(CCC(=O)[O-])CC3C2)cc1.CC(C)(C)c1ccc(N2CC3CNCC3C2)cc1.[Li+]. The summed E-state index contributed by atoms with van der Waals surface area (Å²) >= 11 is 0. The predicted molar refractivity (Wildman–Crippen MR) is 190 cm³/mol. The van der Waals surface area contributed by atoms with Crippen LogP contribution in [0.25, 0.3) is 0 Å². The molecule has 4 unspecified atom stereocenters. The van der Waals surface area contributed by atoms with Crippen molar-refractivity contribution in [2.24, 2.45) is 23.7 Å². The maximum absolute atomic E-state index is 10.6. The Labute approximate surface area is 301 Å². The zero-order valence-electron chi connectivity index (χ0n) is 30.8. The van der Waals surface area contributed by atoms with Crippen LogP contribution in [-0.4, -0.2) is 82.9 Å². The van der Waals surface area contributed by atoms with Gasteiger partial charge in [0.25, 0.3) is 0 Å². The second-order valence-electron chi connectivity index (χ2n) is 15.7. The number of carbonyl (C=O) groups is 2. The Morgan fingerprint density at radius 2 is 1.17 bits per heavy atom. The largest absolute Gasteiger partial charge is 1.00 e. The van der Waals surface area contributed by atoms with Gasteiger partial charge in [0.2, 0.25) is 0 Å². The monoisotopic (exact) mass is 652 g/mol. The second kappa shape index (κ2) is 17.3. The summed E-state index contributed by atoms with van der Waals surface area (Å²) in [5, 5.41) is 14.1. The Kier molecular flexibility index (Phi) is 14.3. The van der Waals surface area contributed by atoms with E-state index in [4.69, 9.17) is 0 Å². The molecule has 4 heterocycles. The van der Waals surface area contributed by atoms with E-state index in [0.29, 0.717) is 18.4 Å². The number of hydrogen-bond acceptors (Lipinski definition) is 8. The fourth-order valence-corrected chi connectivity index (χ4v) is 7.23. The van der Waals surface area contributed by atoms with Gasteiger partial charge in [0.15, 0.2) is 0 Å². The molecule has 0 spiro atoms. The molecule has 8 nitrogen and oxygen atoms in total. The Morgan fingerprint density at radius 3 is 1.48 bits per heavy atom. The number of hydrogen-bond donors (Lipinski definition) is 1. The Bertz CT molecular complexity index is 1310. The number of carbonyl (C=O) groups excluding carboxylic acids is 2. The van der Waals surface area contributed by atoms with Crippen LogP contribution in [0.4, 0.5) is 11.4 Å². The summed E-state index contributed by atoms with van der Waals surface area (Å²) in [5.74, 6) is 1.73. The van der Waals surface area contributed by atoms with Gasteiger partial charge in [0, 0.05) is 82.3 Å². The van der Waals surface area contributed by atoms with Crippen LogP contribution in [-0.2, 0) is 25.2 Å². The topological polar surface area (TPSA) is 88.2 Å². The van der Waals surface area contributed by atoms with E-state index >= 15 is 0 Å². The minimum absolute atomic E-state index is 0. The molecule has 4 aliphatic rings. The summed E-state index contributed by atoms with van der Waals surface area (Å²) < 4.78 is 4.14. The molecule has 4 fully saturated rings. The number of esters is 1. The normalized spacial score (nSPS) is 23.1. The molecular formula is C39H57LiN4O4. The smallest absolute Gasteiger partial charge is 0.550 e. The number of fused-ring (bicyclic) bond motifs is 2. The first kappa shape index (κ1) is 39.7. The molecule has 0 aliphatic carbocycles. The molecule has 0 amide bonds. The van der Waals surface area contributed by atoms with Gasteiger partial charge in [-0.2, -0.15) is 0 Å². The molecule has 1 N–H and O–H groups in total.